The first-order valence-electron chi connectivity index (χ1n) is 6.24. The summed E-state index contributed by atoms with van der Waals surface area (Å²) in [5.41, 5.74) is 1.30. The maximum atomic E-state index is 10.8. The monoisotopic (exact) mass is 264 g/mol. The molecule has 0 aliphatic carbocycles. The molecule has 0 saturated carbocycles. The highest BCUT2D eigenvalue weighted by Crippen LogP contribution is 2.48. The molecule has 0 aromatic heterocycles. The van der Waals surface area contributed by atoms with Crippen molar-refractivity contribution in [1.29, 1.82) is 0 Å². The van der Waals surface area contributed by atoms with Crippen molar-refractivity contribution in [3.63, 3.8) is 0 Å². The van der Waals surface area contributed by atoms with E-state index in [-0.39, 0.29) is 18.2 Å². The van der Waals surface area contributed by atoms with Crippen molar-refractivity contribution in [1.82, 2.24) is 0 Å². The van der Waals surface area contributed by atoms with E-state index in [1.807, 2.05) is 11.8 Å². The van der Waals surface area contributed by atoms with Crippen LogP contribution in [0.4, 0.5) is 0 Å². The number of fused-ring (bicyclic) bond motifs is 3. The highest BCUT2D eigenvalue weighted by molar-refractivity contribution is 7.99. The predicted molar refractivity (Wildman–Crippen MR) is 69.5 cm³/mol. The summed E-state index contributed by atoms with van der Waals surface area (Å²) < 4.78 is 11.1. The van der Waals surface area contributed by atoms with Crippen LogP contribution in [0, 0.1) is 5.92 Å². The van der Waals surface area contributed by atoms with E-state index in [1.54, 1.807) is 0 Å². The van der Waals surface area contributed by atoms with Gasteiger partial charge in [-0.3, -0.25) is 4.79 Å². The van der Waals surface area contributed by atoms with E-state index in [0.717, 1.165) is 12.2 Å². The van der Waals surface area contributed by atoms with E-state index >= 15 is 0 Å². The Morgan fingerprint density at radius 2 is 2.33 bits per heavy atom. The number of ether oxygens (including phenoxy) is 2. The number of hydrogen-bond donors (Lipinski definition) is 0. The average molecular weight is 264 g/mol. The van der Waals surface area contributed by atoms with Gasteiger partial charge in [0.25, 0.3) is 0 Å². The highest BCUT2D eigenvalue weighted by Gasteiger charge is 2.40. The molecule has 0 amide bonds. The van der Waals surface area contributed by atoms with Crippen LogP contribution in [-0.2, 0) is 14.3 Å². The SMILES string of the molecule is CC(=O)OC[C@@H]1C[C@H]2CSc3ccccc3[C@H]2O1. The molecule has 18 heavy (non-hydrogen) atoms. The van der Waals surface area contributed by atoms with E-state index in [4.69, 9.17) is 9.47 Å². The quantitative estimate of drug-likeness (QED) is 0.769. The van der Waals surface area contributed by atoms with E-state index in [0.29, 0.717) is 12.5 Å². The minimum absolute atomic E-state index is 0.0515. The predicted octanol–water partition coefficient (Wildman–Crippen LogP) is 2.80. The number of benzene rings is 1. The summed E-state index contributed by atoms with van der Waals surface area (Å²) in [5, 5.41) is 0. The normalized spacial score (nSPS) is 29.5. The van der Waals surface area contributed by atoms with Crippen molar-refractivity contribution in [2.45, 2.75) is 30.4 Å². The fourth-order valence-corrected chi connectivity index (χ4v) is 3.91. The van der Waals surface area contributed by atoms with E-state index in [9.17, 15) is 4.79 Å². The minimum atomic E-state index is -0.233. The van der Waals surface area contributed by atoms with Gasteiger partial charge in [-0.1, -0.05) is 18.2 Å². The Labute approximate surface area is 111 Å². The fourth-order valence-electron chi connectivity index (χ4n) is 2.68. The maximum Gasteiger partial charge on any atom is 0.302 e. The molecule has 1 fully saturated rings. The molecular weight excluding hydrogens is 248 g/mol. The molecule has 3 nitrogen and oxygen atoms in total. The molecule has 2 aliphatic rings. The summed E-state index contributed by atoms with van der Waals surface area (Å²) in [6.45, 7) is 1.82. The first-order chi connectivity index (χ1) is 8.74. The molecule has 1 saturated heterocycles. The van der Waals surface area contributed by atoms with E-state index in [1.165, 1.54) is 17.4 Å². The summed E-state index contributed by atoms with van der Waals surface area (Å²) in [7, 11) is 0. The smallest absolute Gasteiger partial charge is 0.302 e. The first kappa shape index (κ1) is 12.1. The average Bonchev–Trinajstić information content (AvgIpc) is 2.79. The second-order valence-electron chi connectivity index (χ2n) is 4.83. The van der Waals surface area contributed by atoms with Crippen LogP contribution in [0.2, 0.25) is 0 Å². The lowest BCUT2D eigenvalue weighted by atomic mass is 9.95. The fraction of sp³-hybridized carbons (Fsp3) is 0.500. The molecule has 0 unspecified atom stereocenters. The van der Waals surface area contributed by atoms with Gasteiger partial charge in [0.2, 0.25) is 0 Å². The molecule has 0 bridgehead atoms. The van der Waals surface area contributed by atoms with Crippen LogP contribution in [-0.4, -0.2) is 24.4 Å². The number of carbonyl (C=O) groups is 1. The van der Waals surface area contributed by atoms with Gasteiger partial charge in [-0.15, -0.1) is 11.8 Å². The number of rotatable bonds is 2. The Hall–Kier alpha value is -1.00. The lowest BCUT2D eigenvalue weighted by molar-refractivity contribution is -0.145. The van der Waals surface area contributed by atoms with Crippen molar-refractivity contribution >= 4 is 17.7 Å². The number of hydrogen-bond acceptors (Lipinski definition) is 4. The second-order valence-corrected chi connectivity index (χ2v) is 5.89. The molecular formula is C14H16O3S. The Bertz CT molecular complexity index is 460. The van der Waals surface area contributed by atoms with Crippen molar-refractivity contribution in [2.24, 2.45) is 5.92 Å². The summed E-state index contributed by atoms with van der Waals surface area (Å²) in [6, 6.07) is 8.42. The van der Waals surface area contributed by atoms with Gasteiger partial charge in [-0.05, 0) is 18.1 Å². The summed E-state index contributed by atoms with van der Waals surface area (Å²) in [6.07, 6.45) is 1.22. The molecule has 1 aromatic carbocycles. The molecule has 0 N–H and O–H groups in total. The van der Waals surface area contributed by atoms with Gasteiger partial charge in [-0.25, -0.2) is 0 Å². The van der Waals surface area contributed by atoms with Gasteiger partial charge in [0.05, 0.1) is 12.2 Å². The largest absolute Gasteiger partial charge is 0.463 e. The van der Waals surface area contributed by atoms with Crippen molar-refractivity contribution in [3.8, 4) is 0 Å². The van der Waals surface area contributed by atoms with E-state index in [2.05, 4.69) is 24.3 Å². The molecule has 0 radical (unpaired) electrons. The third-order valence-electron chi connectivity index (χ3n) is 3.48. The zero-order valence-electron chi connectivity index (χ0n) is 10.3. The second kappa shape index (κ2) is 4.94. The first-order valence-corrected chi connectivity index (χ1v) is 7.23. The van der Waals surface area contributed by atoms with Gasteiger partial charge in [-0.2, -0.15) is 0 Å². The van der Waals surface area contributed by atoms with Crippen molar-refractivity contribution < 1.29 is 14.3 Å². The highest BCUT2D eigenvalue weighted by atomic mass is 32.2. The Morgan fingerprint density at radius 1 is 1.50 bits per heavy atom. The van der Waals surface area contributed by atoms with Crippen LogP contribution in [0.25, 0.3) is 0 Å². The minimum Gasteiger partial charge on any atom is -0.463 e. The lowest BCUT2D eigenvalue weighted by Gasteiger charge is -2.26. The molecule has 3 atom stereocenters. The van der Waals surface area contributed by atoms with Crippen LogP contribution in [0.3, 0.4) is 0 Å². The standard InChI is InChI=1S/C14H16O3S/c1-9(15)16-7-11-6-10-8-18-13-5-3-2-4-12(13)14(10)17-11/h2-5,10-11,14H,6-8H2,1H3/t10-,11-,14-/m0/s1. The zero-order chi connectivity index (χ0) is 12.5. The van der Waals surface area contributed by atoms with Crippen LogP contribution in [0.15, 0.2) is 29.2 Å². The number of thioether (sulfide) groups is 1. The summed E-state index contributed by atoms with van der Waals surface area (Å²) >= 11 is 1.90. The van der Waals surface area contributed by atoms with Crippen LogP contribution in [0.1, 0.15) is 25.0 Å². The zero-order valence-corrected chi connectivity index (χ0v) is 11.1. The van der Waals surface area contributed by atoms with Crippen LogP contribution in [0.5, 0.6) is 0 Å². The summed E-state index contributed by atoms with van der Waals surface area (Å²) in [4.78, 5) is 12.2. The maximum absolute atomic E-state index is 10.8. The topological polar surface area (TPSA) is 35.5 Å². The molecule has 3 rings (SSSR count). The molecule has 2 aliphatic heterocycles. The Morgan fingerprint density at radius 3 is 3.17 bits per heavy atom. The van der Waals surface area contributed by atoms with Gasteiger partial charge in [0.15, 0.2) is 0 Å². The van der Waals surface area contributed by atoms with Crippen molar-refractivity contribution in [3.05, 3.63) is 29.8 Å². The number of carbonyl (C=O) groups excluding carboxylic acids is 1. The molecule has 96 valence electrons. The van der Waals surface area contributed by atoms with Crippen LogP contribution >= 0.6 is 11.8 Å². The molecule has 2 heterocycles. The van der Waals surface area contributed by atoms with Gasteiger partial charge in [0.1, 0.15) is 6.61 Å². The third-order valence-corrected chi connectivity index (χ3v) is 4.76. The number of esters is 1. The lowest BCUT2D eigenvalue weighted by Crippen LogP contribution is -2.16. The molecule has 1 aromatic rings. The molecule has 0 spiro atoms. The van der Waals surface area contributed by atoms with Crippen LogP contribution < -0.4 is 0 Å². The van der Waals surface area contributed by atoms with Gasteiger partial charge >= 0.3 is 5.97 Å². The van der Waals surface area contributed by atoms with Crippen molar-refractivity contribution in [2.75, 3.05) is 12.4 Å². The van der Waals surface area contributed by atoms with Gasteiger partial charge < -0.3 is 9.47 Å². The Kier molecular flexibility index (Phi) is 3.31. The summed E-state index contributed by atoms with van der Waals surface area (Å²) in [5.74, 6) is 1.41. The molecule has 4 heteroatoms. The van der Waals surface area contributed by atoms with E-state index < -0.39 is 0 Å². The third kappa shape index (κ3) is 2.27. The van der Waals surface area contributed by atoms with Gasteiger partial charge in [0, 0.05) is 23.5 Å². The Balaban J connectivity index is 1.72.